The quantitative estimate of drug-likeness (QED) is 0.669. The second-order valence-electron chi connectivity index (χ2n) is 2.15. The summed E-state index contributed by atoms with van der Waals surface area (Å²) in [5.41, 5.74) is 0.919. The fourth-order valence-corrected chi connectivity index (χ4v) is 1.04. The van der Waals surface area contributed by atoms with E-state index in [9.17, 15) is 5.11 Å². The van der Waals surface area contributed by atoms with Crippen molar-refractivity contribution in [3.05, 3.63) is 11.9 Å². The molecule has 0 aromatic carbocycles. The number of aromatic nitrogens is 2. The molecule has 0 atom stereocenters. The molecule has 0 saturated carbocycles. The van der Waals surface area contributed by atoms with Crippen molar-refractivity contribution in [2.24, 2.45) is 0 Å². The Kier molecular flexibility index (Phi) is 1.94. The van der Waals surface area contributed by atoms with Crippen LogP contribution >= 0.6 is 0 Å². The normalized spacial score (nSPS) is 10.2. The SMILES string of the molecule is CCc1c(O)cnn1CC. The molecule has 0 fully saturated rings. The van der Waals surface area contributed by atoms with E-state index in [1.165, 1.54) is 6.20 Å². The third-order valence-electron chi connectivity index (χ3n) is 1.56. The largest absolute Gasteiger partial charge is 0.504 e. The van der Waals surface area contributed by atoms with Gasteiger partial charge in [-0.1, -0.05) is 6.92 Å². The van der Waals surface area contributed by atoms with Gasteiger partial charge in [-0.25, -0.2) is 0 Å². The van der Waals surface area contributed by atoms with Gasteiger partial charge in [0.05, 0.1) is 11.9 Å². The number of hydrogen-bond acceptors (Lipinski definition) is 2. The number of hydrogen-bond donors (Lipinski definition) is 1. The molecular formula is C7H12N2O. The van der Waals surface area contributed by atoms with E-state index in [0.29, 0.717) is 5.75 Å². The second kappa shape index (κ2) is 2.73. The summed E-state index contributed by atoms with van der Waals surface area (Å²) in [6.07, 6.45) is 2.32. The zero-order valence-corrected chi connectivity index (χ0v) is 6.33. The van der Waals surface area contributed by atoms with E-state index in [0.717, 1.165) is 18.7 Å². The molecule has 0 saturated heterocycles. The molecule has 3 heteroatoms. The Labute approximate surface area is 60.3 Å². The first-order valence-corrected chi connectivity index (χ1v) is 3.53. The predicted octanol–water partition coefficient (Wildman–Crippen LogP) is 1.17. The Morgan fingerprint density at radius 2 is 2.30 bits per heavy atom. The molecule has 1 rings (SSSR count). The first-order chi connectivity index (χ1) is 4.79. The molecule has 1 N–H and O–H groups in total. The van der Waals surface area contributed by atoms with Gasteiger partial charge in [0.1, 0.15) is 0 Å². The van der Waals surface area contributed by atoms with Crippen LogP contribution in [0.2, 0.25) is 0 Å². The van der Waals surface area contributed by atoms with Crippen molar-refractivity contribution in [2.75, 3.05) is 0 Å². The molecule has 0 unspecified atom stereocenters. The van der Waals surface area contributed by atoms with Gasteiger partial charge in [0.15, 0.2) is 5.75 Å². The highest BCUT2D eigenvalue weighted by molar-refractivity contribution is 5.22. The summed E-state index contributed by atoms with van der Waals surface area (Å²) in [4.78, 5) is 0. The Balaban J connectivity index is 3.01. The summed E-state index contributed by atoms with van der Waals surface area (Å²) in [5.74, 6) is 0.310. The van der Waals surface area contributed by atoms with Crippen LogP contribution in [0.15, 0.2) is 6.20 Å². The molecule has 1 heterocycles. The number of nitrogens with zero attached hydrogens (tertiary/aromatic N) is 2. The Hall–Kier alpha value is -0.990. The molecule has 0 spiro atoms. The monoisotopic (exact) mass is 140 g/mol. The zero-order valence-electron chi connectivity index (χ0n) is 6.33. The van der Waals surface area contributed by atoms with Crippen molar-refractivity contribution in [3.63, 3.8) is 0 Å². The molecule has 0 bridgehead atoms. The average molecular weight is 140 g/mol. The summed E-state index contributed by atoms with van der Waals surface area (Å²) < 4.78 is 1.80. The lowest BCUT2D eigenvalue weighted by Gasteiger charge is -1.99. The molecular weight excluding hydrogens is 128 g/mol. The smallest absolute Gasteiger partial charge is 0.156 e. The van der Waals surface area contributed by atoms with Crippen LogP contribution in [-0.2, 0) is 13.0 Å². The molecule has 0 aliphatic rings. The Morgan fingerprint density at radius 1 is 1.60 bits per heavy atom. The van der Waals surface area contributed by atoms with Crippen molar-refractivity contribution < 1.29 is 5.11 Å². The standard InChI is InChI=1S/C7H12N2O/c1-3-6-7(10)5-8-9(6)4-2/h5,10H,3-4H2,1-2H3. The van der Waals surface area contributed by atoms with Gasteiger partial charge in [-0.2, -0.15) is 5.10 Å². The minimum Gasteiger partial charge on any atom is -0.504 e. The number of aromatic hydroxyl groups is 1. The van der Waals surface area contributed by atoms with Gasteiger partial charge in [0.2, 0.25) is 0 Å². The third kappa shape index (κ3) is 0.988. The van der Waals surface area contributed by atoms with E-state index in [-0.39, 0.29) is 0 Å². The van der Waals surface area contributed by atoms with Crippen molar-refractivity contribution in [2.45, 2.75) is 26.8 Å². The van der Waals surface area contributed by atoms with E-state index in [2.05, 4.69) is 5.10 Å². The van der Waals surface area contributed by atoms with E-state index in [1.807, 2.05) is 13.8 Å². The summed E-state index contributed by atoms with van der Waals surface area (Å²) in [5, 5.41) is 13.2. The van der Waals surface area contributed by atoms with Gasteiger partial charge in [-0.3, -0.25) is 4.68 Å². The predicted molar refractivity (Wildman–Crippen MR) is 38.9 cm³/mol. The van der Waals surface area contributed by atoms with Gasteiger partial charge >= 0.3 is 0 Å². The molecule has 0 amide bonds. The van der Waals surface area contributed by atoms with Crippen LogP contribution in [-0.4, -0.2) is 14.9 Å². The van der Waals surface area contributed by atoms with Gasteiger partial charge < -0.3 is 5.11 Å². The molecule has 0 radical (unpaired) electrons. The van der Waals surface area contributed by atoms with Gasteiger partial charge in [-0.05, 0) is 13.3 Å². The maximum Gasteiger partial charge on any atom is 0.156 e. The molecule has 3 nitrogen and oxygen atoms in total. The van der Waals surface area contributed by atoms with Crippen molar-refractivity contribution >= 4 is 0 Å². The highest BCUT2D eigenvalue weighted by atomic mass is 16.3. The van der Waals surface area contributed by atoms with Crippen LogP contribution in [0, 0.1) is 0 Å². The van der Waals surface area contributed by atoms with Crippen LogP contribution in [0.4, 0.5) is 0 Å². The lowest BCUT2D eigenvalue weighted by Crippen LogP contribution is -2.00. The van der Waals surface area contributed by atoms with E-state index >= 15 is 0 Å². The van der Waals surface area contributed by atoms with Crippen LogP contribution in [0.1, 0.15) is 19.5 Å². The van der Waals surface area contributed by atoms with Crippen molar-refractivity contribution in [1.82, 2.24) is 9.78 Å². The van der Waals surface area contributed by atoms with E-state index < -0.39 is 0 Å². The second-order valence-corrected chi connectivity index (χ2v) is 2.15. The average Bonchev–Trinajstić information content (AvgIpc) is 2.30. The van der Waals surface area contributed by atoms with Gasteiger partial charge in [0.25, 0.3) is 0 Å². The Morgan fingerprint density at radius 3 is 2.70 bits per heavy atom. The number of aryl methyl sites for hydroxylation is 1. The molecule has 0 aliphatic carbocycles. The molecule has 10 heavy (non-hydrogen) atoms. The summed E-state index contributed by atoms with van der Waals surface area (Å²) in [7, 11) is 0. The molecule has 1 aromatic rings. The van der Waals surface area contributed by atoms with E-state index in [1.54, 1.807) is 4.68 Å². The van der Waals surface area contributed by atoms with Crippen LogP contribution < -0.4 is 0 Å². The lowest BCUT2D eigenvalue weighted by atomic mass is 10.3. The van der Waals surface area contributed by atoms with Crippen molar-refractivity contribution in [3.8, 4) is 5.75 Å². The Bertz CT molecular complexity index is 217. The molecule has 0 aliphatic heterocycles. The summed E-state index contributed by atoms with van der Waals surface area (Å²) in [6.45, 7) is 4.83. The van der Waals surface area contributed by atoms with Crippen LogP contribution in [0.3, 0.4) is 0 Å². The first-order valence-electron chi connectivity index (χ1n) is 3.53. The first kappa shape index (κ1) is 7.12. The maximum atomic E-state index is 9.18. The fourth-order valence-electron chi connectivity index (χ4n) is 1.04. The highest BCUT2D eigenvalue weighted by Gasteiger charge is 2.04. The summed E-state index contributed by atoms with van der Waals surface area (Å²) >= 11 is 0. The van der Waals surface area contributed by atoms with Crippen LogP contribution in [0.25, 0.3) is 0 Å². The maximum absolute atomic E-state index is 9.18. The molecule has 1 aromatic heterocycles. The lowest BCUT2D eigenvalue weighted by molar-refractivity contribution is 0.464. The third-order valence-corrected chi connectivity index (χ3v) is 1.56. The van der Waals surface area contributed by atoms with Gasteiger partial charge in [-0.15, -0.1) is 0 Å². The minimum absolute atomic E-state index is 0.310. The fraction of sp³-hybridized carbons (Fsp3) is 0.571. The number of rotatable bonds is 2. The van der Waals surface area contributed by atoms with Gasteiger partial charge in [0, 0.05) is 6.54 Å². The topological polar surface area (TPSA) is 38.1 Å². The van der Waals surface area contributed by atoms with E-state index in [4.69, 9.17) is 0 Å². The van der Waals surface area contributed by atoms with Crippen LogP contribution in [0.5, 0.6) is 5.75 Å². The molecule has 56 valence electrons. The highest BCUT2D eigenvalue weighted by Crippen LogP contribution is 2.15. The summed E-state index contributed by atoms with van der Waals surface area (Å²) in [6, 6.07) is 0. The minimum atomic E-state index is 0.310. The van der Waals surface area contributed by atoms with Crippen molar-refractivity contribution in [1.29, 1.82) is 0 Å². The zero-order chi connectivity index (χ0) is 7.56.